The van der Waals surface area contributed by atoms with Gasteiger partial charge in [0.1, 0.15) is 5.76 Å². The molecule has 4 aliphatic rings. The second-order valence-electron chi connectivity index (χ2n) is 7.88. The molecule has 6 nitrogen and oxygen atoms in total. The Kier molecular flexibility index (Phi) is 3.12. The van der Waals surface area contributed by atoms with Crippen LogP contribution in [-0.2, 0) is 21.4 Å². The Balaban J connectivity index is 1.79. The number of benzene rings is 1. The summed E-state index contributed by atoms with van der Waals surface area (Å²) in [4.78, 5) is 13.9. The lowest BCUT2D eigenvalue weighted by molar-refractivity contribution is -0.168. The lowest BCUT2D eigenvalue weighted by Crippen LogP contribution is -2.74. The van der Waals surface area contributed by atoms with E-state index in [4.69, 9.17) is 14.2 Å². The van der Waals surface area contributed by atoms with Gasteiger partial charge in [-0.3, -0.25) is 4.79 Å². The molecule has 0 saturated carbocycles. The van der Waals surface area contributed by atoms with Gasteiger partial charge in [0.25, 0.3) is 0 Å². The number of hydrogen-bond donors (Lipinski definition) is 1. The summed E-state index contributed by atoms with van der Waals surface area (Å²) in [5, 5.41) is 12.0. The number of esters is 1. The van der Waals surface area contributed by atoms with Crippen LogP contribution in [0.4, 0.5) is 0 Å². The first kappa shape index (κ1) is 16.1. The van der Waals surface area contributed by atoms with Gasteiger partial charge in [-0.25, -0.2) is 0 Å². The van der Waals surface area contributed by atoms with Crippen molar-refractivity contribution in [1.29, 1.82) is 0 Å². The average Bonchev–Trinajstić information content (AvgIpc) is 2.95. The van der Waals surface area contributed by atoms with Crippen molar-refractivity contribution in [3.63, 3.8) is 0 Å². The van der Waals surface area contributed by atoms with Crippen LogP contribution in [-0.4, -0.2) is 54.4 Å². The molecule has 2 aliphatic heterocycles. The predicted octanol–water partition coefficient (Wildman–Crippen LogP) is 1.54. The summed E-state index contributed by atoms with van der Waals surface area (Å²) in [6, 6.07) is 4.02. The van der Waals surface area contributed by atoms with E-state index < -0.39 is 17.1 Å². The van der Waals surface area contributed by atoms with Crippen LogP contribution in [0.2, 0.25) is 0 Å². The molecule has 0 aromatic heterocycles. The predicted molar refractivity (Wildman–Crippen MR) is 93.2 cm³/mol. The van der Waals surface area contributed by atoms with Crippen molar-refractivity contribution in [2.75, 3.05) is 20.7 Å². The number of methoxy groups -OCH3 is 1. The van der Waals surface area contributed by atoms with Gasteiger partial charge in [-0.1, -0.05) is 6.07 Å². The maximum absolute atomic E-state index is 12.0. The fourth-order valence-electron chi connectivity index (χ4n) is 5.75. The van der Waals surface area contributed by atoms with Crippen molar-refractivity contribution in [2.24, 2.45) is 0 Å². The normalized spacial score (nSPS) is 36.7. The third-order valence-electron chi connectivity index (χ3n) is 6.82. The number of carbonyl (C=O) groups excluding carboxylic acids is 1. The quantitative estimate of drug-likeness (QED) is 0.810. The SMILES string of the molecule is COc1ccc2c3c1O[C@H]1C(OC(C)=O)=CC[C@@]4(O)[C@@H](C2)N(C)CCC314. The lowest BCUT2D eigenvalue weighted by atomic mass is 9.50. The zero-order chi connectivity index (χ0) is 18.3. The van der Waals surface area contributed by atoms with Crippen molar-refractivity contribution in [2.45, 2.75) is 49.3 Å². The van der Waals surface area contributed by atoms with Gasteiger partial charge in [0.05, 0.1) is 18.1 Å². The highest BCUT2D eigenvalue weighted by Gasteiger charge is 2.72. The van der Waals surface area contributed by atoms with Gasteiger partial charge >= 0.3 is 5.97 Å². The summed E-state index contributed by atoms with van der Waals surface area (Å²) in [5.74, 6) is 1.49. The van der Waals surface area contributed by atoms with Crippen molar-refractivity contribution >= 4 is 5.97 Å². The molecule has 1 spiro atoms. The van der Waals surface area contributed by atoms with E-state index in [0.717, 1.165) is 24.9 Å². The van der Waals surface area contributed by atoms with E-state index in [1.165, 1.54) is 12.5 Å². The molecule has 1 saturated heterocycles. The summed E-state index contributed by atoms with van der Waals surface area (Å²) >= 11 is 0. The number of hydrogen-bond acceptors (Lipinski definition) is 6. The molecule has 1 unspecified atom stereocenters. The lowest BCUT2D eigenvalue weighted by Gasteiger charge is -2.61. The summed E-state index contributed by atoms with van der Waals surface area (Å²) in [6.45, 7) is 2.25. The van der Waals surface area contributed by atoms with Crippen LogP contribution in [0, 0.1) is 0 Å². The maximum Gasteiger partial charge on any atom is 0.307 e. The molecular formula is C20H23NO5. The molecule has 0 radical (unpaired) electrons. The van der Waals surface area contributed by atoms with Crippen LogP contribution in [0.5, 0.6) is 11.5 Å². The molecule has 26 heavy (non-hydrogen) atoms. The van der Waals surface area contributed by atoms with Gasteiger partial charge in [0, 0.05) is 24.9 Å². The molecule has 6 heteroatoms. The van der Waals surface area contributed by atoms with Crippen LogP contribution < -0.4 is 9.47 Å². The van der Waals surface area contributed by atoms with Crippen LogP contribution in [0.15, 0.2) is 24.0 Å². The number of ether oxygens (including phenoxy) is 3. The van der Waals surface area contributed by atoms with Crippen molar-refractivity contribution in [3.8, 4) is 11.5 Å². The van der Waals surface area contributed by atoms with Crippen molar-refractivity contribution in [1.82, 2.24) is 4.90 Å². The maximum atomic E-state index is 12.0. The minimum absolute atomic E-state index is 0.00400. The molecule has 1 fully saturated rings. The molecule has 1 N–H and O–H groups in total. The molecule has 1 aromatic carbocycles. The first-order valence-corrected chi connectivity index (χ1v) is 9.10. The third-order valence-corrected chi connectivity index (χ3v) is 6.82. The molecule has 0 amide bonds. The standard InChI is InChI=1S/C20H23NO5/c1-11(22)25-14-6-7-20(23)15-10-12-4-5-13(24-3)17-16(12)19(20,18(14)26-17)8-9-21(15)2/h4-6,15,18,23H,7-10H2,1-3H3/t15-,18+,19?,20-/m1/s1. The minimum atomic E-state index is -0.959. The number of piperidine rings is 1. The molecule has 138 valence electrons. The van der Waals surface area contributed by atoms with E-state index in [-0.39, 0.29) is 12.0 Å². The molecule has 5 rings (SSSR count). The van der Waals surface area contributed by atoms with E-state index in [2.05, 4.69) is 18.0 Å². The third kappa shape index (κ3) is 1.67. The average molecular weight is 357 g/mol. The number of aliphatic hydroxyl groups is 1. The van der Waals surface area contributed by atoms with Gasteiger partial charge in [0.2, 0.25) is 0 Å². The monoisotopic (exact) mass is 357 g/mol. The van der Waals surface area contributed by atoms with Gasteiger partial charge in [-0.05, 0) is 44.1 Å². The highest BCUT2D eigenvalue weighted by atomic mass is 16.6. The molecule has 4 atom stereocenters. The first-order valence-electron chi connectivity index (χ1n) is 9.10. The van der Waals surface area contributed by atoms with Crippen molar-refractivity contribution < 1.29 is 24.1 Å². The zero-order valence-corrected chi connectivity index (χ0v) is 15.2. The van der Waals surface area contributed by atoms with Gasteiger partial charge in [0.15, 0.2) is 17.6 Å². The molecule has 1 aromatic rings. The van der Waals surface area contributed by atoms with Gasteiger partial charge in [-0.15, -0.1) is 0 Å². The number of nitrogens with zero attached hydrogens (tertiary/aromatic N) is 1. The Bertz CT molecular complexity index is 849. The van der Waals surface area contributed by atoms with E-state index in [9.17, 15) is 9.90 Å². The Labute approximate surface area is 152 Å². The molecule has 2 aliphatic carbocycles. The van der Waals surface area contributed by atoms with Gasteiger partial charge < -0.3 is 24.2 Å². The fourth-order valence-corrected chi connectivity index (χ4v) is 5.75. The highest BCUT2D eigenvalue weighted by Crippen LogP contribution is 2.65. The van der Waals surface area contributed by atoms with Crippen LogP contribution in [0.3, 0.4) is 0 Å². The topological polar surface area (TPSA) is 68.2 Å². The summed E-state index contributed by atoms with van der Waals surface area (Å²) in [6.07, 6.45) is 3.29. The van der Waals surface area contributed by atoms with E-state index >= 15 is 0 Å². The Morgan fingerprint density at radius 2 is 2.23 bits per heavy atom. The minimum Gasteiger partial charge on any atom is -0.493 e. The second-order valence-corrected chi connectivity index (χ2v) is 7.88. The first-order chi connectivity index (χ1) is 12.4. The number of carbonyl (C=O) groups is 1. The molecule has 2 heterocycles. The van der Waals surface area contributed by atoms with Crippen molar-refractivity contribution in [3.05, 3.63) is 35.1 Å². The Morgan fingerprint density at radius 1 is 1.42 bits per heavy atom. The van der Waals surface area contributed by atoms with Crippen LogP contribution >= 0.6 is 0 Å². The largest absolute Gasteiger partial charge is 0.493 e. The van der Waals surface area contributed by atoms with E-state index in [1.54, 1.807) is 7.11 Å². The smallest absolute Gasteiger partial charge is 0.307 e. The number of rotatable bonds is 2. The molecular weight excluding hydrogens is 334 g/mol. The van der Waals surface area contributed by atoms with E-state index in [0.29, 0.717) is 23.7 Å². The zero-order valence-electron chi connectivity index (χ0n) is 15.2. The molecule has 2 bridgehead atoms. The summed E-state index contributed by atoms with van der Waals surface area (Å²) < 4.78 is 17.4. The van der Waals surface area contributed by atoms with E-state index in [1.807, 2.05) is 12.1 Å². The fraction of sp³-hybridized carbons (Fsp3) is 0.550. The Morgan fingerprint density at radius 3 is 2.96 bits per heavy atom. The Hall–Kier alpha value is -2.05. The van der Waals surface area contributed by atoms with Crippen LogP contribution in [0.1, 0.15) is 30.9 Å². The summed E-state index contributed by atoms with van der Waals surface area (Å²) in [5.41, 5.74) is 0.667. The number of likely N-dealkylation sites (tertiary alicyclic amines) is 1. The number of likely N-dealkylation sites (N-methyl/N-ethyl adjacent to an activating group) is 1. The van der Waals surface area contributed by atoms with Gasteiger partial charge in [-0.2, -0.15) is 0 Å². The summed E-state index contributed by atoms with van der Waals surface area (Å²) in [7, 11) is 3.69. The second kappa shape index (κ2) is 5.02. The van der Waals surface area contributed by atoms with Crippen LogP contribution in [0.25, 0.3) is 0 Å². The highest BCUT2D eigenvalue weighted by molar-refractivity contribution is 5.69.